The predicted molar refractivity (Wildman–Crippen MR) is 143 cm³/mol. The van der Waals surface area contributed by atoms with Gasteiger partial charge in [0.15, 0.2) is 0 Å². The van der Waals surface area contributed by atoms with Gasteiger partial charge in [-0.05, 0) is 69.0 Å². The Hall–Kier alpha value is -4.08. The third kappa shape index (κ3) is 5.15. The van der Waals surface area contributed by atoms with E-state index in [4.69, 9.17) is 4.74 Å². The van der Waals surface area contributed by atoms with Crippen molar-refractivity contribution in [1.82, 2.24) is 14.5 Å². The van der Waals surface area contributed by atoms with Gasteiger partial charge in [0.25, 0.3) is 5.56 Å². The van der Waals surface area contributed by atoms with Crippen LogP contribution in [0.15, 0.2) is 59.2 Å². The first-order valence-electron chi connectivity index (χ1n) is 12.6. The van der Waals surface area contributed by atoms with E-state index in [1.807, 2.05) is 51.8 Å². The summed E-state index contributed by atoms with van der Waals surface area (Å²) in [6, 6.07) is 9.20. The molecule has 10 heteroatoms. The van der Waals surface area contributed by atoms with Gasteiger partial charge in [-0.25, -0.2) is 4.79 Å². The van der Waals surface area contributed by atoms with Gasteiger partial charge in [0.2, 0.25) is 0 Å². The molecule has 0 aliphatic carbocycles. The zero-order chi connectivity index (χ0) is 28.3. The van der Waals surface area contributed by atoms with Crippen LogP contribution in [-0.2, 0) is 10.9 Å². The van der Waals surface area contributed by atoms with Crippen LogP contribution in [0.1, 0.15) is 45.4 Å². The average molecular weight is 539 g/mol. The lowest BCUT2D eigenvalue weighted by atomic mass is 9.94. The second kappa shape index (κ2) is 9.29. The minimum absolute atomic E-state index is 0.302. The molecule has 3 aromatic rings. The van der Waals surface area contributed by atoms with Gasteiger partial charge in [-0.3, -0.25) is 14.3 Å². The molecule has 1 aromatic carbocycles. The summed E-state index contributed by atoms with van der Waals surface area (Å²) in [7, 11) is 1.94. The highest BCUT2D eigenvalue weighted by Crippen LogP contribution is 2.55. The number of aromatic nitrogens is 2. The van der Waals surface area contributed by atoms with E-state index < -0.39 is 17.5 Å². The maximum Gasteiger partial charge on any atom is 0.433 e. The molecule has 0 radical (unpaired) electrons. The van der Waals surface area contributed by atoms with Crippen molar-refractivity contribution in [2.75, 3.05) is 25.0 Å². The van der Waals surface area contributed by atoms with Crippen molar-refractivity contribution in [1.29, 1.82) is 0 Å². The van der Waals surface area contributed by atoms with Crippen LogP contribution in [0.25, 0.3) is 22.4 Å². The molecule has 0 fully saturated rings. The van der Waals surface area contributed by atoms with Gasteiger partial charge >= 0.3 is 12.3 Å². The molecule has 0 unspecified atom stereocenters. The van der Waals surface area contributed by atoms with Gasteiger partial charge in [-0.2, -0.15) is 13.2 Å². The highest BCUT2D eigenvalue weighted by Gasteiger charge is 2.36. The van der Waals surface area contributed by atoms with E-state index in [0.717, 1.165) is 40.5 Å². The van der Waals surface area contributed by atoms with Crippen molar-refractivity contribution >= 4 is 23.0 Å². The number of rotatable bonds is 3. The monoisotopic (exact) mass is 538 g/mol. The number of fused-ring (bicyclic) bond motifs is 1. The van der Waals surface area contributed by atoms with Crippen LogP contribution in [0.3, 0.4) is 0 Å². The van der Waals surface area contributed by atoms with Crippen LogP contribution >= 0.6 is 0 Å². The molecule has 0 spiro atoms. The highest BCUT2D eigenvalue weighted by atomic mass is 19.4. The standard InChI is InChI=1S/C29H29F3N4O3/c1-17-16-35(27(38)39-28(2,3)4)12-11-20(17)21-7-8-22(26-25(21)34(26)5)36-13-10-18(14-24(36)37)19-6-9-23(33-15-19)29(30,31)32/h6-10,13-15H,11-12,16H2,1-5H3. The Balaban J connectivity index is 1.40. The number of halogens is 3. The fourth-order valence-corrected chi connectivity index (χ4v) is 4.96. The normalized spacial score (nSPS) is 15.4. The number of anilines is 2. The highest BCUT2D eigenvalue weighted by molar-refractivity contribution is 6.05. The molecule has 5 rings (SSSR count). The lowest BCUT2D eigenvalue weighted by Gasteiger charge is -2.32. The average Bonchev–Trinajstić information content (AvgIpc) is 3.53. The molecule has 0 saturated heterocycles. The van der Waals surface area contributed by atoms with Crippen molar-refractivity contribution < 1.29 is 22.7 Å². The maximum atomic E-state index is 13.0. The summed E-state index contributed by atoms with van der Waals surface area (Å²) in [6.45, 7) is 8.62. The largest absolute Gasteiger partial charge is 0.444 e. The molecule has 0 N–H and O–H groups in total. The van der Waals surface area contributed by atoms with Crippen molar-refractivity contribution in [2.24, 2.45) is 0 Å². The summed E-state index contributed by atoms with van der Waals surface area (Å²) in [6.07, 6.45) is -1.40. The number of nitrogens with zero attached hydrogens (tertiary/aromatic N) is 4. The Morgan fingerprint density at radius 1 is 1.03 bits per heavy atom. The number of alkyl halides is 3. The summed E-state index contributed by atoms with van der Waals surface area (Å²) >= 11 is 0. The number of amides is 1. The van der Waals surface area contributed by atoms with E-state index in [1.54, 1.807) is 17.2 Å². The van der Waals surface area contributed by atoms with Gasteiger partial charge < -0.3 is 14.5 Å². The second-order valence-corrected chi connectivity index (χ2v) is 10.9. The molecule has 4 heterocycles. The second-order valence-electron chi connectivity index (χ2n) is 10.9. The Morgan fingerprint density at radius 2 is 1.77 bits per heavy atom. The van der Waals surface area contributed by atoms with E-state index in [-0.39, 0.29) is 11.7 Å². The van der Waals surface area contributed by atoms with Crippen molar-refractivity contribution in [3.8, 4) is 16.8 Å². The van der Waals surface area contributed by atoms with Gasteiger partial charge in [0.05, 0.1) is 17.1 Å². The summed E-state index contributed by atoms with van der Waals surface area (Å²) in [5, 5.41) is 0. The first kappa shape index (κ1) is 26.5. The third-order valence-corrected chi connectivity index (χ3v) is 6.87. The molecule has 1 amide bonds. The maximum absolute atomic E-state index is 13.0. The molecule has 204 valence electrons. The number of hydrogen-bond donors (Lipinski definition) is 0. The molecule has 0 bridgehead atoms. The quantitative estimate of drug-likeness (QED) is 0.361. The fourth-order valence-electron chi connectivity index (χ4n) is 4.96. The first-order chi connectivity index (χ1) is 18.2. The zero-order valence-electron chi connectivity index (χ0n) is 22.4. The van der Waals surface area contributed by atoms with E-state index >= 15 is 0 Å². The first-order valence-corrected chi connectivity index (χ1v) is 12.6. The molecule has 0 atom stereocenters. The lowest BCUT2D eigenvalue weighted by molar-refractivity contribution is -0.141. The topological polar surface area (TPSA) is 67.4 Å². The fraction of sp³-hybridized carbons (Fsp3) is 0.345. The summed E-state index contributed by atoms with van der Waals surface area (Å²) in [5.74, 6) is 0. The molecule has 2 aromatic heterocycles. The number of hydrogen-bond acceptors (Lipinski definition) is 5. The molecule has 0 saturated carbocycles. The van der Waals surface area contributed by atoms with Crippen LogP contribution in [-0.4, -0.2) is 46.3 Å². The Labute approximate surface area is 224 Å². The summed E-state index contributed by atoms with van der Waals surface area (Å²) < 4.78 is 45.5. The van der Waals surface area contributed by atoms with E-state index in [1.165, 1.54) is 22.3 Å². The molecular weight excluding hydrogens is 509 g/mol. The minimum Gasteiger partial charge on any atom is -0.444 e. The van der Waals surface area contributed by atoms with Crippen LogP contribution in [0.5, 0.6) is 0 Å². The zero-order valence-corrected chi connectivity index (χ0v) is 22.4. The van der Waals surface area contributed by atoms with Crippen LogP contribution in [0, 0.1) is 0 Å². The number of pyridine rings is 2. The van der Waals surface area contributed by atoms with Gasteiger partial charge in [0.1, 0.15) is 11.3 Å². The number of carbonyl (C=O) groups is 1. The number of ether oxygens (including phenoxy) is 1. The Bertz CT molecular complexity index is 1550. The van der Waals surface area contributed by atoms with Crippen LogP contribution in [0.2, 0.25) is 0 Å². The van der Waals surface area contributed by atoms with E-state index in [9.17, 15) is 22.8 Å². The van der Waals surface area contributed by atoms with Gasteiger partial charge in [-0.1, -0.05) is 12.1 Å². The molecule has 7 nitrogen and oxygen atoms in total. The van der Waals surface area contributed by atoms with Crippen molar-refractivity contribution in [3.63, 3.8) is 0 Å². The molecule has 39 heavy (non-hydrogen) atoms. The van der Waals surface area contributed by atoms with Crippen molar-refractivity contribution in [2.45, 2.75) is 45.9 Å². The van der Waals surface area contributed by atoms with Crippen molar-refractivity contribution in [3.05, 3.63) is 76.0 Å². The lowest BCUT2D eigenvalue weighted by Crippen LogP contribution is -2.40. The molecule has 2 aliphatic rings. The van der Waals surface area contributed by atoms with E-state index in [2.05, 4.69) is 4.98 Å². The Kier molecular flexibility index (Phi) is 6.32. The molecule has 2 aliphatic heterocycles. The number of benzene rings is 1. The third-order valence-electron chi connectivity index (χ3n) is 6.87. The summed E-state index contributed by atoms with van der Waals surface area (Å²) in [5.41, 5.74) is 5.13. The minimum atomic E-state index is -4.52. The predicted octanol–water partition coefficient (Wildman–Crippen LogP) is 6.41. The Morgan fingerprint density at radius 3 is 2.36 bits per heavy atom. The van der Waals surface area contributed by atoms with Gasteiger partial charge in [-0.15, -0.1) is 0 Å². The SMILES string of the molecule is CC1=C(c2ccc(-n3ccc(-c4ccc(C(F)(F)F)nc4)cc3=O)c3c2N3C)CCN(C(=O)OC(C)(C)C)C1. The van der Waals surface area contributed by atoms with Gasteiger partial charge in [0, 0.05) is 49.7 Å². The van der Waals surface area contributed by atoms with Crippen LogP contribution < -0.4 is 10.5 Å². The molecular formula is C29H29F3N4O3. The van der Waals surface area contributed by atoms with Crippen LogP contribution in [0.4, 0.5) is 29.3 Å². The van der Waals surface area contributed by atoms with E-state index in [0.29, 0.717) is 30.6 Å². The number of carbonyl (C=O) groups excluding carboxylic acids is 1. The summed E-state index contributed by atoms with van der Waals surface area (Å²) in [4.78, 5) is 32.8. The smallest absolute Gasteiger partial charge is 0.433 e.